The lowest BCUT2D eigenvalue weighted by Crippen LogP contribution is -2.33. The van der Waals surface area contributed by atoms with E-state index in [9.17, 15) is 31.5 Å². The monoisotopic (exact) mass is 742 g/mol. The highest BCUT2D eigenvalue weighted by molar-refractivity contribution is 7.92. The molecule has 1 unspecified atom stereocenters. The molecule has 0 aromatic heterocycles. The number of benzene rings is 4. The number of hydrogen-bond acceptors (Lipinski definition) is 7. The Bertz CT molecular complexity index is 1890. The Balaban J connectivity index is 0.000000785. The quantitative estimate of drug-likeness (QED) is 0.0769. The lowest BCUT2D eigenvalue weighted by atomic mass is 9.94. The lowest BCUT2D eigenvalue weighted by Gasteiger charge is -2.27. The molecule has 0 saturated carbocycles. The smallest absolute Gasteiger partial charge is 0.490 e. The highest BCUT2D eigenvalue weighted by Gasteiger charge is 2.38. The molecule has 52 heavy (non-hydrogen) atoms. The van der Waals surface area contributed by atoms with Gasteiger partial charge in [0.25, 0.3) is 10.0 Å². The third-order valence-corrected chi connectivity index (χ3v) is 9.41. The van der Waals surface area contributed by atoms with E-state index in [1.54, 1.807) is 36.4 Å². The first-order chi connectivity index (χ1) is 24.7. The summed E-state index contributed by atoms with van der Waals surface area (Å²) >= 11 is 0. The number of anilines is 2. The second-order valence-corrected chi connectivity index (χ2v) is 13.6. The van der Waals surface area contributed by atoms with Crippen LogP contribution in [0.3, 0.4) is 0 Å². The first-order valence-corrected chi connectivity index (χ1v) is 18.1. The number of aromatic hydroxyl groups is 1. The van der Waals surface area contributed by atoms with Crippen LogP contribution >= 0.6 is 0 Å². The van der Waals surface area contributed by atoms with Gasteiger partial charge in [-0.1, -0.05) is 56.5 Å². The van der Waals surface area contributed by atoms with E-state index in [4.69, 9.17) is 14.6 Å². The van der Waals surface area contributed by atoms with Gasteiger partial charge in [-0.2, -0.15) is 13.2 Å². The number of rotatable bonds is 13. The van der Waals surface area contributed by atoms with Crippen LogP contribution < -0.4 is 25.4 Å². The van der Waals surface area contributed by atoms with Crippen molar-refractivity contribution in [3.63, 3.8) is 0 Å². The zero-order valence-corrected chi connectivity index (χ0v) is 29.2. The van der Waals surface area contributed by atoms with Crippen molar-refractivity contribution in [1.82, 2.24) is 10.6 Å². The minimum atomic E-state index is -5.08. The summed E-state index contributed by atoms with van der Waals surface area (Å²) in [5, 5.41) is 26.0. The van der Waals surface area contributed by atoms with Crippen LogP contribution in [0, 0.1) is 0 Å². The molecule has 1 aliphatic heterocycles. The fourth-order valence-corrected chi connectivity index (χ4v) is 6.35. The average Bonchev–Trinajstić information content (AvgIpc) is 3.11. The summed E-state index contributed by atoms with van der Waals surface area (Å²) in [5.74, 6) is -1.77. The summed E-state index contributed by atoms with van der Waals surface area (Å²) in [7, 11) is -3.82. The van der Waals surface area contributed by atoms with Crippen molar-refractivity contribution >= 4 is 33.4 Å². The van der Waals surface area contributed by atoms with Gasteiger partial charge in [-0.3, -0.25) is 4.72 Å². The molecule has 1 heterocycles. The van der Waals surface area contributed by atoms with Crippen LogP contribution in [-0.2, 0) is 21.2 Å². The molecular formula is C37H41F3N4O7S. The van der Waals surface area contributed by atoms with Gasteiger partial charge < -0.3 is 30.9 Å². The Morgan fingerprint density at radius 1 is 0.885 bits per heavy atom. The minimum Gasteiger partial charge on any atom is -0.508 e. The molecule has 1 atom stereocenters. The van der Waals surface area contributed by atoms with Crippen molar-refractivity contribution in [1.29, 1.82) is 0 Å². The van der Waals surface area contributed by atoms with Crippen LogP contribution in [-0.4, -0.2) is 56.5 Å². The summed E-state index contributed by atoms with van der Waals surface area (Å²) in [6.45, 7) is 4.04. The molecule has 1 aliphatic rings. The van der Waals surface area contributed by atoms with Gasteiger partial charge in [-0.25, -0.2) is 18.0 Å². The SMILES string of the molecule is CCCCCCNC(=O)Nc1ccc(S(=O)(=O)Nc2ccc(-c3ccc(OCC4NCCc5ccc(O)cc54)cc3)cc2)cc1.O=C(O)C(F)(F)F. The number of ether oxygens (including phenoxy) is 1. The van der Waals surface area contributed by atoms with Gasteiger partial charge in [0.15, 0.2) is 0 Å². The van der Waals surface area contributed by atoms with E-state index in [0.717, 1.165) is 61.1 Å². The number of carbonyl (C=O) groups is 2. The second-order valence-electron chi connectivity index (χ2n) is 11.9. The molecule has 0 aliphatic carbocycles. The summed E-state index contributed by atoms with van der Waals surface area (Å²) < 4.78 is 66.4. The Hall–Kier alpha value is -5.28. The van der Waals surface area contributed by atoms with E-state index < -0.39 is 22.2 Å². The molecule has 278 valence electrons. The number of urea groups is 1. The Morgan fingerprint density at radius 3 is 2.12 bits per heavy atom. The summed E-state index contributed by atoms with van der Waals surface area (Å²) in [5.41, 5.74) is 5.14. The van der Waals surface area contributed by atoms with E-state index in [0.29, 0.717) is 24.5 Å². The molecular weight excluding hydrogens is 701 g/mol. The fraction of sp³-hybridized carbons (Fsp3) is 0.297. The largest absolute Gasteiger partial charge is 0.508 e. The Kier molecular flexibility index (Phi) is 13.9. The first kappa shape index (κ1) is 39.5. The van der Waals surface area contributed by atoms with Crippen molar-refractivity contribution in [3.05, 3.63) is 102 Å². The van der Waals surface area contributed by atoms with E-state index in [-0.39, 0.29) is 22.7 Å². The number of unbranched alkanes of at least 4 members (excludes halogenated alkanes) is 3. The van der Waals surface area contributed by atoms with Crippen LogP contribution in [0.2, 0.25) is 0 Å². The number of halogens is 3. The number of phenolic OH excluding ortho intramolecular Hbond substituents is 1. The van der Waals surface area contributed by atoms with Gasteiger partial charge in [0, 0.05) is 17.9 Å². The third kappa shape index (κ3) is 11.9. The molecule has 4 aromatic carbocycles. The molecule has 2 amide bonds. The number of carboxylic acids is 1. The number of aliphatic carboxylic acids is 1. The number of sulfonamides is 1. The predicted molar refractivity (Wildman–Crippen MR) is 192 cm³/mol. The maximum atomic E-state index is 13.0. The average molecular weight is 743 g/mol. The van der Waals surface area contributed by atoms with E-state index >= 15 is 0 Å². The highest BCUT2D eigenvalue weighted by atomic mass is 32.2. The first-order valence-electron chi connectivity index (χ1n) is 16.6. The number of nitrogens with one attached hydrogen (secondary N) is 4. The Labute approximate surface area is 300 Å². The fourth-order valence-electron chi connectivity index (χ4n) is 5.29. The van der Waals surface area contributed by atoms with Crippen molar-refractivity contribution in [3.8, 4) is 22.6 Å². The van der Waals surface area contributed by atoms with Crippen LogP contribution in [0.25, 0.3) is 11.1 Å². The maximum Gasteiger partial charge on any atom is 0.490 e. The van der Waals surface area contributed by atoms with Gasteiger partial charge in [0.1, 0.15) is 18.1 Å². The molecule has 0 spiro atoms. The molecule has 0 saturated heterocycles. The molecule has 4 aromatic rings. The van der Waals surface area contributed by atoms with Gasteiger partial charge in [0.2, 0.25) is 0 Å². The normalized spacial score (nSPS) is 13.9. The highest BCUT2D eigenvalue weighted by Crippen LogP contribution is 2.29. The topological polar surface area (TPSA) is 166 Å². The zero-order valence-electron chi connectivity index (χ0n) is 28.4. The number of fused-ring (bicyclic) bond motifs is 1. The Morgan fingerprint density at radius 2 is 1.50 bits per heavy atom. The third-order valence-electron chi connectivity index (χ3n) is 8.01. The molecule has 15 heteroatoms. The van der Waals surface area contributed by atoms with Gasteiger partial charge in [-0.05, 0) is 102 Å². The van der Waals surface area contributed by atoms with Crippen LogP contribution in [0.5, 0.6) is 11.5 Å². The summed E-state index contributed by atoms with van der Waals surface area (Å²) in [6, 6.07) is 26.1. The van der Waals surface area contributed by atoms with Crippen molar-refractivity contribution < 1.29 is 46.1 Å². The molecule has 11 nitrogen and oxygen atoms in total. The number of carbonyl (C=O) groups excluding carboxylic acids is 1. The van der Waals surface area contributed by atoms with Crippen molar-refractivity contribution in [2.45, 2.75) is 56.1 Å². The van der Waals surface area contributed by atoms with E-state index in [1.165, 1.54) is 17.7 Å². The van der Waals surface area contributed by atoms with Crippen LogP contribution in [0.15, 0.2) is 95.9 Å². The number of carboxylic acid groups (broad SMARTS) is 1. The van der Waals surface area contributed by atoms with Crippen LogP contribution in [0.1, 0.15) is 49.8 Å². The number of alkyl halides is 3. The zero-order chi connectivity index (χ0) is 37.7. The maximum absolute atomic E-state index is 13.0. The van der Waals surface area contributed by atoms with Crippen molar-refractivity contribution in [2.75, 3.05) is 29.7 Å². The molecule has 0 fully saturated rings. The lowest BCUT2D eigenvalue weighted by molar-refractivity contribution is -0.192. The standard InChI is InChI=1S/C35H40N4O5S.C2HF3O2/c1-2-3-4-5-21-37-35(41)38-28-13-18-32(19-14-28)45(42,43)39-29-11-6-25(7-12-29)26-9-16-31(17-10-26)44-24-34-33-23-30(40)15-8-27(33)20-22-36-34;3-2(4,5)1(6)7/h6-19,23,34,36,39-40H,2-5,20-22,24H2,1H3,(H2,37,38,41);(H,6,7). The van der Waals surface area contributed by atoms with E-state index in [2.05, 4.69) is 27.6 Å². The van der Waals surface area contributed by atoms with Gasteiger partial charge in [-0.15, -0.1) is 0 Å². The van der Waals surface area contributed by atoms with Gasteiger partial charge >= 0.3 is 18.2 Å². The number of hydrogen-bond donors (Lipinski definition) is 6. The van der Waals surface area contributed by atoms with Crippen molar-refractivity contribution in [2.24, 2.45) is 0 Å². The number of amides is 2. The minimum absolute atomic E-state index is 0.00265. The molecule has 5 rings (SSSR count). The molecule has 0 radical (unpaired) electrons. The van der Waals surface area contributed by atoms with Gasteiger partial charge in [0.05, 0.1) is 10.9 Å². The van der Waals surface area contributed by atoms with Crippen LogP contribution in [0.4, 0.5) is 29.3 Å². The summed E-state index contributed by atoms with van der Waals surface area (Å²) in [4.78, 5) is 21.1. The number of phenols is 1. The summed E-state index contributed by atoms with van der Waals surface area (Å²) in [6.07, 6.45) is 0.119. The molecule has 0 bridgehead atoms. The second kappa shape index (κ2) is 18.3. The van der Waals surface area contributed by atoms with E-state index in [1.807, 2.05) is 42.5 Å². The molecule has 6 N–H and O–H groups in total. The predicted octanol–water partition coefficient (Wildman–Crippen LogP) is 7.46.